The fourth-order valence-electron chi connectivity index (χ4n) is 3.95. The lowest BCUT2D eigenvalue weighted by Crippen LogP contribution is -2.41. The van der Waals surface area contributed by atoms with Crippen molar-refractivity contribution in [2.75, 3.05) is 18.4 Å². The highest BCUT2D eigenvalue weighted by molar-refractivity contribution is 5.95. The number of benzene rings is 3. The number of alkyl halides is 3. The molecule has 2 amide bonds. The third-order valence-electron chi connectivity index (χ3n) is 5.87. The quantitative estimate of drug-likeness (QED) is 0.539. The standard InChI is InChI=1S/C26H23F3N2O2/c27-26(28,29)22-10-12-23(13-11-22)30-24(32)20-14-16-31(17-15-20)25(33)21-8-6-19(7-9-21)18-4-2-1-3-5-18/h1-13,20H,14-17H2,(H,30,32). The van der Waals surface area contributed by atoms with Gasteiger partial charge in [0.15, 0.2) is 0 Å². The summed E-state index contributed by atoms with van der Waals surface area (Å²) in [5, 5.41) is 2.68. The fourth-order valence-corrected chi connectivity index (χ4v) is 3.95. The van der Waals surface area contributed by atoms with Crippen molar-refractivity contribution in [3.8, 4) is 11.1 Å². The summed E-state index contributed by atoms with van der Waals surface area (Å²) in [5.41, 5.74) is 2.28. The number of hydrogen-bond acceptors (Lipinski definition) is 2. The molecule has 0 unspecified atom stereocenters. The van der Waals surface area contributed by atoms with Crippen LogP contribution in [0, 0.1) is 5.92 Å². The number of hydrogen-bond donors (Lipinski definition) is 1. The van der Waals surface area contributed by atoms with Gasteiger partial charge < -0.3 is 10.2 Å². The van der Waals surface area contributed by atoms with Crippen LogP contribution in [0.15, 0.2) is 78.9 Å². The number of carbonyl (C=O) groups is 2. The Morgan fingerprint density at radius 1 is 0.788 bits per heavy atom. The van der Waals surface area contributed by atoms with Crippen LogP contribution in [0.5, 0.6) is 0 Å². The maximum atomic E-state index is 12.9. The summed E-state index contributed by atoms with van der Waals surface area (Å²) in [6.07, 6.45) is -3.41. The first-order valence-electron chi connectivity index (χ1n) is 10.7. The molecule has 170 valence electrons. The maximum absolute atomic E-state index is 12.9. The molecule has 4 rings (SSSR count). The molecule has 3 aromatic carbocycles. The molecule has 1 aliphatic rings. The second-order valence-corrected chi connectivity index (χ2v) is 8.07. The van der Waals surface area contributed by atoms with E-state index in [1.54, 1.807) is 4.90 Å². The van der Waals surface area contributed by atoms with Gasteiger partial charge in [0, 0.05) is 30.3 Å². The zero-order valence-corrected chi connectivity index (χ0v) is 17.8. The van der Waals surface area contributed by atoms with Crippen molar-refractivity contribution < 1.29 is 22.8 Å². The molecule has 1 N–H and O–H groups in total. The Bertz CT molecular complexity index is 1100. The molecule has 0 aromatic heterocycles. The van der Waals surface area contributed by atoms with Crippen LogP contribution in [0.4, 0.5) is 18.9 Å². The first kappa shape index (κ1) is 22.6. The van der Waals surface area contributed by atoms with Crippen LogP contribution in [0.2, 0.25) is 0 Å². The topological polar surface area (TPSA) is 49.4 Å². The lowest BCUT2D eigenvalue weighted by Gasteiger charge is -2.31. The number of likely N-dealkylation sites (tertiary alicyclic amines) is 1. The van der Waals surface area contributed by atoms with Crippen molar-refractivity contribution in [2.45, 2.75) is 19.0 Å². The van der Waals surface area contributed by atoms with Crippen LogP contribution < -0.4 is 5.32 Å². The largest absolute Gasteiger partial charge is 0.416 e. The van der Waals surface area contributed by atoms with Crippen molar-refractivity contribution in [3.05, 3.63) is 90.0 Å². The average Bonchev–Trinajstić information content (AvgIpc) is 2.84. The zero-order valence-electron chi connectivity index (χ0n) is 17.8. The van der Waals surface area contributed by atoms with Gasteiger partial charge in [0.25, 0.3) is 5.91 Å². The highest BCUT2D eigenvalue weighted by atomic mass is 19.4. The minimum Gasteiger partial charge on any atom is -0.339 e. The predicted octanol–water partition coefficient (Wildman–Crippen LogP) is 5.86. The van der Waals surface area contributed by atoms with E-state index in [1.165, 1.54) is 12.1 Å². The molecule has 1 saturated heterocycles. The summed E-state index contributed by atoms with van der Waals surface area (Å²) in [6, 6.07) is 21.8. The van der Waals surface area contributed by atoms with Gasteiger partial charge in [0.1, 0.15) is 0 Å². The number of carbonyl (C=O) groups excluding carboxylic acids is 2. The Hall–Kier alpha value is -3.61. The molecule has 1 aliphatic heterocycles. The number of anilines is 1. The first-order chi connectivity index (χ1) is 15.8. The molecule has 1 heterocycles. The van der Waals surface area contributed by atoms with Gasteiger partial charge in [-0.3, -0.25) is 9.59 Å². The van der Waals surface area contributed by atoms with E-state index in [2.05, 4.69) is 5.32 Å². The lowest BCUT2D eigenvalue weighted by molar-refractivity contribution is -0.137. The Labute approximate surface area is 190 Å². The Kier molecular flexibility index (Phi) is 6.49. The van der Waals surface area contributed by atoms with Gasteiger partial charge in [-0.15, -0.1) is 0 Å². The average molecular weight is 452 g/mol. The van der Waals surface area contributed by atoms with Crippen molar-refractivity contribution in [1.29, 1.82) is 0 Å². The minimum absolute atomic E-state index is 0.0730. The SMILES string of the molecule is O=C(Nc1ccc(C(F)(F)F)cc1)C1CCN(C(=O)c2ccc(-c3ccccc3)cc2)CC1. The third kappa shape index (κ3) is 5.42. The number of halogens is 3. The molecule has 7 heteroatoms. The molecule has 1 fully saturated rings. The van der Waals surface area contributed by atoms with Crippen molar-refractivity contribution in [1.82, 2.24) is 4.90 Å². The van der Waals surface area contributed by atoms with E-state index >= 15 is 0 Å². The van der Waals surface area contributed by atoms with E-state index in [9.17, 15) is 22.8 Å². The third-order valence-corrected chi connectivity index (χ3v) is 5.87. The number of rotatable bonds is 4. The van der Waals surface area contributed by atoms with Crippen LogP contribution in [0.3, 0.4) is 0 Å². The van der Waals surface area contributed by atoms with Gasteiger partial charge in [0.05, 0.1) is 5.56 Å². The molecule has 0 spiro atoms. The molecule has 0 saturated carbocycles. The second kappa shape index (κ2) is 9.48. The van der Waals surface area contributed by atoms with Crippen molar-refractivity contribution in [3.63, 3.8) is 0 Å². The summed E-state index contributed by atoms with van der Waals surface area (Å²) < 4.78 is 38.0. The van der Waals surface area contributed by atoms with E-state index in [0.717, 1.165) is 23.3 Å². The van der Waals surface area contributed by atoms with Crippen LogP contribution in [-0.4, -0.2) is 29.8 Å². The molecule has 0 bridgehead atoms. The summed E-state index contributed by atoms with van der Waals surface area (Å²) in [6.45, 7) is 0.898. The fraction of sp³-hybridized carbons (Fsp3) is 0.231. The molecule has 0 aliphatic carbocycles. The summed E-state index contributed by atoms with van der Waals surface area (Å²) in [7, 11) is 0. The van der Waals surface area contributed by atoms with Crippen LogP contribution in [0.25, 0.3) is 11.1 Å². The van der Waals surface area contributed by atoms with Gasteiger partial charge >= 0.3 is 6.18 Å². The number of amides is 2. The molecule has 0 radical (unpaired) electrons. The van der Waals surface area contributed by atoms with Gasteiger partial charge in [-0.25, -0.2) is 0 Å². The monoisotopic (exact) mass is 452 g/mol. The van der Waals surface area contributed by atoms with Crippen LogP contribution in [0.1, 0.15) is 28.8 Å². The Balaban J connectivity index is 1.31. The van der Waals surface area contributed by atoms with Gasteiger partial charge in [-0.1, -0.05) is 42.5 Å². The van der Waals surface area contributed by atoms with E-state index < -0.39 is 11.7 Å². The molecule has 33 heavy (non-hydrogen) atoms. The normalized spacial score (nSPS) is 14.7. The smallest absolute Gasteiger partial charge is 0.339 e. The second-order valence-electron chi connectivity index (χ2n) is 8.07. The molecule has 3 aromatic rings. The Morgan fingerprint density at radius 2 is 1.36 bits per heavy atom. The van der Waals surface area contributed by atoms with E-state index in [1.807, 2.05) is 54.6 Å². The van der Waals surface area contributed by atoms with Gasteiger partial charge in [0.2, 0.25) is 5.91 Å². The van der Waals surface area contributed by atoms with Gasteiger partial charge in [-0.05, 0) is 60.4 Å². The predicted molar refractivity (Wildman–Crippen MR) is 121 cm³/mol. The number of piperidine rings is 1. The Morgan fingerprint density at radius 3 is 1.94 bits per heavy atom. The minimum atomic E-state index is -4.41. The van der Waals surface area contributed by atoms with Crippen molar-refractivity contribution in [2.24, 2.45) is 5.92 Å². The maximum Gasteiger partial charge on any atom is 0.416 e. The molecule has 0 atom stereocenters. The zero-order chi connectivity index (χ0) is 23.4. The molecular weight excluding hydrogens is 429 g/mol. The van der Waals surface area contributed by atoms with Gasteiger partial charge in [-0.2, -0.15) is 13.2 Å². The first-order valence-corrected chi connectivity index (χ1v) is 10.7. The van der Waals surface area contributed by atoms with E-state index in [4.69, 9.17) is 0 Å². The summed E-state index contributed by atoms with van der Waals surface area (Å²) in [4.78, 5) is 27.1. The van der Waals surface area contributed by atoms with Crippen molar-refractivity contribution >= 4 is 17.5 Å². The highest BCUT2D eigenvalue weighted by Gasteiger charge is 2.31. The molecular formula is C26H23F3N2O2. The lowest BCUT2D eigenvalue weighted by atomic mass is 9.95. The summed E-state index contributed by atoms with van der Waals surface area (Å²) >= 11 is 0. The highest BCUT2D eigenvalue weighted by Crippen LogP contribution is 2.30. The van der Waals surface area contributed by atoms with E-state index in [0.29, 0.717) is 37.2 Å². The number of nitrogens with zero attached hydrogens (tertiary/aromatic N) is 1. The molecule has 4 nitrogen and oxygen atoms in total. The van der Waals surface area contributed by atoms with Crippen LogP contribution in [-0.2, 0) is 11.0 Å². The summed E-state index contributed by atoms with van der Waals surface area (Å²) in [5.74, 6) is -0.609. The number of nitrogens with one attached hydrogen (secondary N) is 1. The van der Waals surface area contributed by atoms with E-state index in [-0.39, 0.29) is 17.7 Å². The van der Waals surface area contributed by atoms with Crippen LogP contribution >= 0.6 is 0 Å².